The van der Waals surface area contributed by atoms with E-state index in [1.807, 2.05) is 25.1 Å². The molecule has 4 nitrogen and oxygen atoms in total. The number of nitrogens with one attached hydrogen (secondary N) is 1. The van der Waals surface area contributed by atoms with Crippen molar-refractivity contribution in [2.24, 2.45) is 5.41 Å². The van der Waals surface area contributed by atoms with E-state index < -0.39 is 11.4 Å². The van der Waals surface area contributed by atoms with Gasteiger partial charge in [0, 0.05) is 16.6 Å². The van der Waals surface area contributed by atoms with Crippen molar-refractivity contribution in [2.75, 3.05) is 5.32 Å². The molecule has 0 aliphatic heterocycles. The van der Waals surface area contributed by atoms with Gasteiger partial charge in [0.1, 0.15) is 0 Å². The van der Waals surface area contributed by atoms with Crippen molar-refractivity contribution in [1.82, 2.24) is 0 Å². The van der Waals surface area contributed by atoms with Crippen molar-refractivity contribution in [2.45, 2.75) is 33.6 Å². The number of halogens is 1. The molecule has 19 heavy (non-hydrogen) atoms. The molecule has 0 heterocycles. The second-order valence-corrected chi connectivity index (χ2v) is 6.39. The van der Waals surface area contributed by atoms with Crippen LogP contribution in [-0.4, -0.2) is 17.0 Å². The lowest BCUT2D eigenvalue weighted by Gasteiger charge is -2.21. The van der Waals surface area contributed by atoms with E-state index in [0.29, 0.717) is 5.69 Å². The third-order valence-corrected chi connectivity index (χ3v) is 3.05. The third-order valence-electron chi connectivity index (χ3n) is 2.59. The smallest absolute Gasteiger partial charge is 0.303 e. The molecule has 0 saturated carbocycles. The molecule has 2 N–H and O–H groups in total. The highest BCUT2D eigenvalue weighted by molar-refractivity contribution is 9.10. The van der Waals surface area contributed by atoms with Gasteiger partial charge in [-0.25, -0.2) is 0 Å². The van der Waals surface area contributed by atoms with Crippen molar-refractivity contribution >= 4 is 33.5 Å². The van der Waals surface area contributed by atoms with E-state index in [4.69, 9.17) is 5.11 Å². The molecule has 0 aliphatic rings. The van der Waals surface area contributed by atoms with Gasteiger partial charge in [0.2, 0.25) is 5.91 Å². The number of carbonyl (C=O) groups excluding carboxylic acids is 1. The molecule has 0 atom stereocenters. The first-order chi connectivity index (χ1) is 8.68. The fourth-order valence-electron chi connectivity index (χ4n) is 1.92. The van der Waals surface area contributed by atoms with Crippen LogP contribution in [0, 0.1) is 12.3 Å². The highest BCUT2D eigenvalue weighted by Gasteiger charge is 2.25. The number of hydrogen-bond acceptors (Lipinski definition) is 2. The molecule has 5 heteroatoms. The number of carboxylic acids is 1. The molecule has 0 spiro atoms. The molecule has 0 bridgehead atoms. The number of anilines is 1. The molecule has 1 aromatic rings. The van der Waals surface area contributed by atoms with Crippen molar-refractivity contribution in [1.29, 1.82) is 0 Å². The maximum atomic E-state index is 11.9. The minimum Gasteiger partial charge on any atom is -0.481 e. The molecule has 0 aromatic heterocycles. The topological polar surface area (TPSA) is 66.4 Å². The van der Waals surface area contributed by atoms with Gasteiger partial charge in [-0.05, 0) is 36.1 Å². The summed E-state index contributed by atoms with van der Waals surface area (Å²) in [5, 5.41) is 11.6. The number of hydrogen-bond donors (Lipinski definition) is 2. The zero-order valence-electron chi connectivity index (χ0n) is 11.3. The van der Waals surface area contributed by atoms with Crippen LogP contribution in [0.3, 0.4) is 0 Å². The van der Waals surface area contributed by atoms with Gasteiger partial charge in [0.05, 0.1) is 6.42 Å². The Bertz CT molecular complexity index is 477. The van der Waals surface area contributed by atoms with Gasteiger partial charge < -0.3 is 10.4 Å². The first kappa shape index (κ1) is 15.7. The van der Waals surface area contributed by atoms with Gasteiger partial charge in [0.15, 0.2) is 0 Å². The predicted molar refractivity (Wildman–Crippen MR) is 78.2 cm³/mol. The predicted octanol–water partition coefficient (Wildman–Crippen LogP) is 3.59. The second-order valence-electron chi connectivity index (χ2n) is 5.48. The van der Waals surface area contributed by atoms with Crippen LogP contribution in [0.5, 0.6) is 0 Å². The van der Waals surface area contributed by atoms with E-state index in [0.717, 1.165) is 10.0 Å². The van der Waals surface area contributed by atoms with Crippen molar-refractivity contribution in [3.05, 3.63) is 28.2 Å². The largest absolute Gasteiger partial charge is 0.481 e. The van der Waals surface area contributed by atoms with Crippen molar-refractivity contribution < 1.29 is 14.7 Å². The van der Waals surface area contributed by atoms with E-state index in [2.05, 4.69) is 21.2 Å². The van der Waals surface area contributed by atoms with Gasteiger partial charge in [-0.2, -0.15) is 0 Å². The average Bonchev–Trinajstić information content (AvgIpc) is 2.10. The number of amides is 1. The molecule has 104 valence electrons. The van der Waals surface area contributed by atoms with Gasteiger partial charge in [-0.3, -0.25) is 9.59 Å². The number of benzene rings is 1. The summed E-state index contributed by atoms with van der Waals surface area (Å²) in [4.78, 5) is 22.6. The lowest BCUT2D eigenvalue weighted by molar-refractivity contribution is -0.139. The van der Waals surface area contributed by atoms with Gasteiger partial charge in [-0.15, -0.1) is 0 Å². The standard InChI is InChI=1S/C14H18BrNO3/c1-9-4-10(15)6-11(5-9)16-12(17)7-14(2,3)8-13(18)19/h4-6H,7-8H2,1-3H3,(H,16,17)(H,18,19). The van der Waals surface area contributed by atoms with Crippen molar-refractivity contribution in [3.63, 3.8) is 0 Å². The van der Waals surface area contributed by atoms with Crippen LogP contribution in [0.2, 0.25) is 0 Å². The van der Waals surface area contributed by atoms with E-state index in [1.165, 1.54) is 0 Å². The van der Waals surface area contributed by atoms with E-state index in [-0.39, 0.29) is 18.7 Å². The van der Waals surface area contributed by atoms with Crippen LogP contribution in [0.1, 0.15) is 32.3 Å². The SMILES string of the molecule is Cc1cc(Br)cc(NC(=O)CC(C)(C)CC(=O)O)c1. The normalized spacial score (nSPS) is 11.2. The van der Waals surface area contributed by atoms with E-state index in [9.17, 15) is 9.59 Å². The summed E-state index contributed by atoms with van der Waals surface area (Å²) in [5.74, 6) is -1.07. The fraction of sp³-hybridized carbons (Fsp3) is 0.429. The molecule has 0 radical (unpaired) electrons. The molecule has 0 fully saturated rings. The minimum atomic E-state index is -0.892. The molecule has 1 amide bonds. The molecular formula is C14H18BrNO3. The zero-order chi connectivity index (χ0) is 14.6. The Balaban J connectivity index is 2.67. The first-order valence-electron chi connectivity index (χ1n) is 5.97. The van der Waals surface area contributed by atoms with Crippen LogP contribution >= 0.6 is 15.9 Å². The molecular weight excluding hydrogens is 310 g/mol. The van der Waals surface area contributed by atoms with E-state index >= 15 is 0 Å². The average molecular weight is 328 g/mol. The van der Waals surface area contributed by atoms with Gasteiger partial charge >= 0.3 is 5.97 Å². The quantitative estimate of drug-likeness (QED) is 0.868. The summed E-state index contributed by atoms with van der Waals surface area (Å²) in [6, 6.07) is 5.63. The Morgan fingerprint density at radius 1 is 1.26 bits per heavy atom. The maximum absolute atomic E-state index is 11.9. The number of rotatable bonds is 5. The summed E-state index contributed by atoms with van der Waals surface area (Å²) in [6.45, 7) is 5.48. The summed E-state index contributed by atoms with van der Waals surface area (Å²) >= 11 is 3.37. The first-order valence-corrected chi connectivity index (χ1v) is 6.76. The zero-order valence-corrected chi connectivity index (χ0v) is 12.9. The summed E-state index contributed by atoms with van der Waals surface area (Å²) < 4.78 is 0.896. The Labute approximate surface area is 121 Å². The summed E-state index contributed by atoms with van der Waals surface area (Å²) in [5.41, 5.74) is 1.19. The highest BCUT2D eigenvalue weighted by Crippen LogP contribution is 2.26. The summed E-state index contributed by atoms with van der Waals surface area (Å²) in [6.07, 6.45) is 0.142. The Morgan fingerprint density at radius 3 is 2.42 bits per heavy atom. The number of carboxylic acid groups (broad SMARTS) is 1. The third kappa shape index (κ3) is 5.87. The Kier molecular flexibility index (Phi) is 5.11. The lowest BCUT2D eigenvalue weighted by Crippen LogP contribution is -2.24. The summed E-state index contributed by atoms with van der Waals surface area (Å²) in [7, 11) is 0. The monoisotopic (exact) mass is 327 g/mol. The molecule has 0 unspecified atom stereocenters. The van der Waals surface area contributed by atoms with E-state index in [1.54, 1.807) is 13.8 Å². The van der Waals surface area contributed by atoms with Crippen LogP contribution in [-0.2, 0) is 9.59 Å². The molecule has 0 saturated heterocycles. The van der Waals surface area contributed by atoms with Crippen molar-refractivity contribution in [3.8, 4) is 0 Å². The highest BCUT2D eigenvalue weighted by atomic mass is 79.9. The molecule has 1 rings (SSSR count). The minimum absolute atomic E-state index is 0.0298. The van der Waals surface area contributed by atoms with Crippen LogP contribution < -0.4 is 5.32 Å². The van der Waals surface area contributed by atoms with Gasteiger partial charge in [0.25, 0.3) is 0 Å². The number of aliphatic carboxylic acids is 1. The Morgan fingerprint density at radius 2 is 1.89 bits per heavy atom. The second kappa shape index (κ2) is 6.19. The Hall–Kier alpha value is -1.36. The van der Waals surface area contributed by atoms with Gasteiger partial charge in [-0.1, -0.05) is 29.8 Å². The number of carbonyl (C=O) groups is 2. The maximum Gasteiger partial charge on any atom is 0.303 e. The van der Waals surface area contributed by atoms with Crippen LogP contribution in [0.4, 0.5) is 5.69 Å². The van der Waals surface area contributed by atoms with Crippen LogP contribution in [0.25, 0.3) is 0 Å². The lowest BCUT2D eigenvalue weighted by atomic mass is 9.85. The van der Waals surface area contributed by atoms with Crippen LogP contribution in [0.15, 0.2) is 22.7 Å². The molecule has 0 aliphatic carbocycles. The molecule has 1 aromatic carbocycles. The number of aryl methyl sites for hydroxylation is 1. The fourth-order valence-corrected chi connectivity index (χ4v) is 2.53.